The molecule has 4 rings (SSSR count). The normalized spacial score (nSPS) is 11.3. The van der Waals surface area contributed by atoms with E-state index in [1.165, 1.54) is 30.2 Å². The summed E-state index contributed by atoms with van der Waals surface area (Å²) >= 11 is 2.55. The minimum atomic E-state index is -0.483. The van der Waals surface area contributed by atoms with E-state index in [2.05, 4.69) is 15.5 Å². The number of nitrogens with zero attached hydrogens (tertiary/aromatic N) is 4. The average molecular weight is 486 g/mol. The molecule has 0 atom stereocenters. The van der Waals surface area contributed by atoms with Crippen molar-refractivity contribution in [3.8, 4) is 0 Å². The Balaban J connectivity index is 1.64. The predicted octanol–water partition coefficient (Wildman–Crippen LogP) is 3.65. The number of thioether (sulfide) groups is 1. The maximum absolute atomic E-state index is 12.9. The van der Waals surface area contributed by atoms with Gasteiger partial charge in [-0.2, -0.15) is 0 Å². The van der Waals surface area contributed by atoms with Crippen molar-refractivity contribution in [2.24, 2.45) is 0 Å². The highest BCUT2D eigenvalue weighted by molar-refractivity contribution is 7.99. The summed E-state index contributed by atoms with van der Waals surface area (Å²) in [6.45, 7) is 6.22. The number of anilines is 1. The summed E-state index contributed by atoms with van der Waals surface area (Å²) in [7, 11) is 1.31. The molecule has 172 valence electrons. The van der Waals surface area contributed by atoms with E-state index in [9.17, 15) is 14.4 Å². The number of methoxy groups -OCH3 is 1. The molecule has 33 heavy (non-hydrogen) atoms. The van der Waals surface area contributed by atoms with Crippen molar-refractivity contribution in [2.75, 3.05) is 18.2 Å². The van der Waals surface area contributed by atoms with Crippen LogP contribution in [0.25, 0.3) is 16.7 Å². The number of nitrogens with one attached hydrogen (secondary N) is 1. The Kier molecular flexibility index (Phi) is 6.52. The van der Waals surface area contributed by atoms with E-state index >= 15 is 0 Å². The number of ether oxygens (including phenoxy) is 1. The number of aromatic nitrogens is 4. The van der Waals surface area contributed by atoms with Crippen LogP contribution < -0.4 is 10.9 Å². The number of benzene rings is 1. The van der Waals surface area contributed by atoms with Gasteiger partial charge in [0.25, 0.3) is 5.56 Å². The summed E-state index contributed by atoms with van der Waals surface area (Å²) in [5, 5.41) is 12.9. The molecular formula is C22H23N5O4S2. The number of rotatable bonds is 7. The zero-order valence-corrected chi connectivity index (χ0v) is 20.3. The molecular weight excluding hydrogens is 462 g/mol. The zero-order valence-electron chi connectivity index (χ0n) is 18.7. The summed E-state index contributed by atoms with van der Waals surface area (Å²) in [5.41, 5.74) is 1.75. The van der Waals surface area contributed by atoms with Gasteiger partial charge in [0.1, 0.15) is 5.00 Å². The number of aryl methyl sites for hydroxylation is 2. The second-order valence-corrected chi connectivity index (χ2v) is 9.57. The molecule has 9 nitrogen and oxygen atoms in total. The minimum Gasteiger partial charge on any atom is -0.465 e. The number of thiophene rings is 1. The number of fused-ring (bicyclic) bond motifs is 3. The monoisotopic (exact) mass is 485 g/mol. The van der Waals surface area contributed by atoms with E-state index in [0.717, 1.165) is 16.9 Å². The lowest BCUT2D eigenvalue weighted by Crippen LogP contribution is -2.23. The third kappa shape index (κ3) is 4.13. The van der Waals surface area contributed by atoms with Crippen LogP contribution in [0.5, 0.6) is 0 Å². The number of carbonyl (C=O) groups is 2. The maximum Gasteiger partial charge on any atom is 0.341 e. The molecule has 0 fully saturated rings. The fraction of sp³-hybridized carbons (Fsp3) is 0.318. The summed E-state index contributed by atoms with van der Waals surface area (Å²) < 4.78 is 8.28. The number of esters is 1. The summed E-state index contributed by atoms with van der Waals surface area (Å²) in [4.78, 5) is 38.7. The van der Waals surface area contributed by atoms with E-state index in [1.807, 2.05) is 43.4 Å². The van der Waals surface area contributed by atoms with E-state index < -0.39 is 5.97 Å². The van der Waals surface area contributed by atoms with Crippen molar-refractivity contribution < 1.29 is 14.3 Å². The van der Waals surface area contributed by atoms with Crippen molar-refractivity contribution in [3.05, 3.63) is 50.6 Å². The molecule has 0 bridgehead atoms. The second kappa shape index (κ2) is 9.36. The van der Waals surface area contributed by atoms with Crippen LogP contribution in [0.1, 0.15) is 34.1 Å². The molecule has 0 aliphatic carbocycles. The van der Waals surface area contributed by atoms with Crippen molar-refractivity contribution >= 4 is 56.7 Å². The number of hydrogen-bond donors (Lipinski definition) is 1. The molecule has 3 heterocycles. The largest absolute Gasteiger partial charge is 0.465 e. The van der Waals surface area contributed by atoms with Crippen LogP contribution in [0.15, 0.2) is 34.2 Å². The maximum atomic E-state index is 12.9. The fourth-order valence-corrected chi connectivity index (χ4v) is 5.41. The van der Waals surface area contributed by atoms with Crippen LogP contribution in [-0.2, 0) is 16.1 Å². The number of amides is 1. The van der Waals surface area contributed by atoms with Gasteiger partial charge in [0, 0.05) is 11.4 Å². The minimum absolute atomic E-state index is 0.0542. The van der Waals surface area contributed by atoms with Gasteiger partial charge >= 0.3 is 5.97 Å². The fourth-order valence-electron chi connectivity index (χ4n) is 3.61. The highest BCUT2D eigenvalue weighted by atomic mass is 32.2. The molecule has 0 radical (unpaired) electrons. The van der Waals surface area contributed by atoms with Gasteiger partial charge in [0.05, 0.1) is 29.3 Å². The molecule has 1 N–H and O–H groups in total. The first kappa shape index (κ1) is 23.0. The summed E-state index contributed by atoms with van der Waals surface area (Å²) in [6.07, 6.45) is 0.772. The van der Waals surface area contributed by atoms with Gasteiger partial charge in [0.2, 0.25) is 11.7 Å². The molecule has 1 amide bonds. The zero-order chi connectivity index (χ0) is 23.7. The van der Waals surface area contributed by atoms with Crippen molar-refractivity contribution in [1.29, 1.82) is 0 Å². The molecule has 0 aliphatic heterocycles. The van der Waals surface area contributed by atoms with Gasteiger partial charge in [-0.3, -0.25) is 18.6 Å². The Hall–Kier alpha value is -3.18. The molecule has 0 aliphatic rings. The van der Waals surface area contributed by atoms with Gasteiger partial charge in [-0.15, -0.1) is 21.5 Å². The number of carbonyl (C=O) groups excluding carboxylic acids is 2. The highest BCUT2D eigenvalue weighted by Crippen LogP contribution is 2.33. The van der Waals surface area contributed by atoms with Gasteiger partial charge < -0.3 is 10.1 Å². The van der Waals surface area contributed by atoms with Crippen LogP contribution in [0, 0.1) is 13.8 Å². The molecule has 11 heteroatoms. The van der Waals surface area contributed by atoms with Crippen LogP contribution >= 0.6 is 23.1 Å². The van der Waals surface area contributed by atoms with Crippen LogP contribution in [0.2, 0.25) is 0 Å². The Morgan fingerprint density at radius 2 is 1.97 bits per heavy atom. The third-order valence-electron chi connectivity index (χ3n) is 5.29. The first-order chi connectivity index (χ1) is 15.9. The van der Waals surface area contributed by atoms with Crippen LogP contribution in [0.4, 0.5) is 5.00 Å². The number of hydrogen-bond acceptors (Lipinski definition) is 8. The Bertz CT molecular complexity index is 1440. The predicted molar refractivity (Wildman–Crippen MR) is 130 cm³/mol. The Labute approximate surface area is 197 Å². The topological polar surface area (TPSA) is 108 Å². The van der Waals surface area contributed by atoms with Crippen LogP contribution in [-0.4, -0.2) is 43.9 Å². The lowest BCUT2D eigenvalue weighted by Gasteiger charge is -2.10. The Morgan fingerprint density at radius 1 is 1.21 bits per heavy atom. The third-order valence-corrected chi connectivity index (χ3v) is 7.34. The molecule has 0 saturated heterocycles. The molecule has 1 aromatic carbocycles. The van der Waals surface area contributed by atoms with Crippen molar-refractivity contribution in [1.82, 2.24) is 19.2 Å². The quantitative estimate of drug-likeness (QED) is 0.314. The highest BCUT2D eigenvalue weighted by Gasteiger charge is 2.22. The first-order valence-corrected chi connectivity index (χ1v) is 12.1. The van der Waals surface area contributed by atoms with E-state index in [4.69, 9.17) is 4.74 Å². The molecule has 3 aromatic heterocycles. The van der Waals surface area contributed by atoms with Gasteiger partial charge in [-0.1, -0.05) is 30.8 Å². The molecule has 4 aromatic rings. The van der Waals surface area contributed by atoms with Crippen LogP contribution in [0.3, 0.4) is 0 Å². The average Bonchev–Trinajstić information content (AvgIpc) is 3.35. The Morgan fingerprint density at radius 3 is 2.70 bits per heavy atom. The first-order valence-electron chi connectivity index (χ1n) is 10.3. The van der Waals surface area contributed by atoms with E-state index in [-0.39, 0.29) is 17.2 Å². The smallest absolute Gasteiger partial charge is 0.341 e. The van der Waals surface area contributed by atoms with Gasteiger partial charge in [-0.25, -0.2) is 4.79 Å². The standard InChI is InChI=1S/C22H23N5O4S2/c1-5-10-26-19(29)14-8-6-7-9-15(14)27-21(26)24-25-22(27)32-11-16(28)23-18-17(20(30)31-4)12(2)13(3)33-18/h6-9H,5,10-11H2,1-4H3,(H,23,28). The van der Waals surface area contributed by atoms with Gasteiger partial charge in [0.15, 0.2) is 5.16 Å². The molecule has 0 spiro atoms. The molecule has 0 saturated carbocycles. The van der Waals surface area contributed by atoms with Crippen molar-refractivity contribution in [3.63, 3.8) is 0 Å². The summed E-state index contributed by atoms with van der Waals surface area (Å²) in [5.74, 6) is -0.266. The van der Waals surface area contributed by atoms with Crippen molar-refractivity contribution in [2.45, 2.75) is 38.9 Å². The lowest BCUT2D eigenvalue weighted by atomic mass is 10.1. The van der Waals surface area contributed by atoms with E-state index in [0.29, 0.717) is 38.9 Å². The number of para-hydroxylation sites is 1. The van der Waals surface area contributed by atoms with E-state index in [1.54, 1.807) is 10.6 Å². The lowest BCUT2D eigenvalue weighted by molar-refractivity contribution is -0.113. The van der Waals surface area contributed by atoms with Gasteiger partial charge in [-0.05, 0) is 38.0 Å². The summed E-state index contributed by atoms with van der Waals surface area (Å²) in [6, 6.07) is 7.29. The second-order valence-electron chi connectivity index (χ2n) is 7.41. The SMILES string of the molecule is CCCn1c(=O)c2ccccc2n2c(SCC(=O)Nc3sc(C)c(C)c3C(=O)OC)nnc12. The molecule has 0 unspecified atom stereocenters.